The number of carbonyl (C=O) groups excluding carboxylic acids is 1. The molecule has 4 nitrogen and oxygen atoms in total. The van der Waals surface area contributed by atoms with Crippen molar-refractivity contribution < 1.29 is 14.0 Å². The van der Waals surface area contributed by atoms with Crippen LogP contribution in [-0.2, 0) is 14.0 Å². The van der Waals surface area contributed by atoms with Crippen molar-refractivity contribution in [2.45, 2.75) is 93.6 Å². The zero-order valence-electron chi connectivity index (χ0n) is 21.7. The molecule has 0 aromatic heterocycles. The van der Waals surface area contributed by atoms with Gasteiger partial charge < -0.3 is 0 Å². The summed E-state index contributed by atoms with van der Waals surface area (Å²) < 4.78 is 15.3. The number of hydrogen-bond donors (Lipinski definition) is 1. The van der Waals surface area contributed by atoms with Crippen LogP contribution >= 0.6 is 0 Å². The molecule has 0 radical (unpaired) electrons. The van der Waals surface area contributed by atoms with Crippen molar-refractivity contribution in [3.63, 3.8) is 0 Å². The molecule has 3 aliphatic carbocycles. The Kier molecular flexibility index (Phi) is 5.36. The van der Waals surface area contributed by atoms with Gasteiger partial charge in [0.1, 0.15) is 0 Å². The Labute approximate surface area is 212 Å². The molecule has 34 heavy (non-hydrogen) atoms. The van der Waals surface area contributed by atoms with E-state index >= 15 is 0 Å². The van der Waals surface area contributed by atoms with Crippen LogP contribution in [0, 0.1) is 29.6 Å². The SMILES string of the molecule is CC(C)[Si](O[C@]12C3CC1([Se]c1ccccc1)C(=O)N[C@H]3[C@@H]1OC[C@@H]3[C@@H](C)[C@H]2[C@@H]31)(C(C)C)C(C)C. The molecular formula is C28H41NO3SeSi. The number of rotatable bonds is 7. The summed E-state index contributed by atoms with van der Waals surface area (Å²) in [6, 6.07) is 10.9. The third kappa shape index (κ3) is 2.60. The Morgan fingerprint density at radius 2 is 1.74 bits per heavy atom. The van der Waals surface area contributed by atoms with Gasteiger partial charge >= 0.3 is 213 Å². The fourth-order valence-electron chi connectivity index (χ4n) is 9.53. The predicted molar refractivity (Wildman–Crippen MR) is 139 cm³/mol. The van der Waals surface area contributed by atoms with Gasteiger partial charge in [-0.15, -0.1) is 0 Å². The van der Waals surface area contributed by atoms with Crippen molar-refractivity contribution in [3.8, 4) is 0 Å². The fourth-order valence-corrected chi connectivity index (χ4v) is 18.8. The molecule has 2 bridgehead atoms. The zero-order valence-corrected chi connectivity index (χ0v) is 24.4. The molecular weight excluding hydrogens is 505 g/mol. The maximum absolute atomic E-state index is 14.2. The van der Waals surface area contributed by atoms with E-state index in [2.05, 4.69) is 84.1 Å². The molecule has 6 heteroatoms. The van der Waals surface area contributed by atoms with E-state index in [-0.39, 0.29) is 38.6 Å². The van der Waals surface area contributed by atoms with Crippen LogP contribution in [0.15, 0.2) is 30.3 Å². The number of fused-ring (bicyclic) bond motifs is 4. The van der Waals surface area contributed by atoms with E-state index in [1.54, 1.807) is 0 Å². The summed E-state index contributed by atoms with van der Waals surface area (Å²) in [5.74, 6) is 2.82. The van der Waals surface area contributed by atoms with Crippen molar-refractivity contribution in [3.05, 3.63) is 30.3 Å². The Morgan fingerprint density at radius 1 is 1.09 bits per heavy atom. The molecule has 2 aliphatic heterocycles. The van der Waals surface area contributed by atoms with E-state index in [1.807, 2.05) is 0 Å². The van der Waals surface area contributed by atoms with Crippen LogP contribution in [-0.4, -0.2) is 53.5 Å². The van der Waals surface area contributed by atoms with E-state index in [0.29, 0.717) is 46.2 Å². The molecule has 2 saturated heterocycles. The van der Waals surface area contributed by atoms with Crippen LogP contribution in [0.25, 0.3) is 0 Å². The molecule has 3 saturated carbocycles. The summed E-state index contributed by atoms with van der Waals surface area (Å²) in [6.45, 7) is 17.6. The Bertz CT molecular complexity index is 963. The minimum absolute atomic E-state index is 0.0298. The molecule has 9 atom stereocenters. The van der Waals surface area contributed by atoms with E-state index in [9.17, 15) is 4.79 Å². The number of hydrogen-bond acceptors (Lipinski definition) is 3. The normalized spacial score (nSPS) is 44.1. The number of carbonyl (C=O) groups is 1. The average Bonchev–Trinajstić information content (AvgIpc) is 3.17. The molecule has 5 aliphatic rings. The van der Waals surface area contributed by atoms with E-state index < -0.39 is 12.6 Å². The van der Waals surface area contributed by atoms with Crippen LogP contribution in [0.4, 0.5) is 0 Å². The molecule has 186 valence electrons. The van der Waals surface area contributed by atoms with Crippen molar-refractivity contribution in [1.29, 1.82) is 0 Å². The molecule has 1 aromatic rings. The van der Waals surface area contributed by atoms with Crippen LogP contribution in [0.1, 0.15) is 54.9 Å². The third-order valence-electron chi connectivity index (χ3n) is 10.7. The van der Waals surface area contributed by atoms with Gasteiger partial charge in [-0.05, 0) is 0 Å². The number of benzene rings is 1. The van der Waals surface area contributed by atoms with Crippen molar-refractivity contribution in [1.82, 2.24) is 5.32 Å². The van der Waals surface area contributed by atoms with Gasteiger partial charge in [-0.2, -0.15) is 0 Å². The fraction of sp³-hybridized carbons (Fsp3) is 0.750. The second-order valence-electron chi connectivity index (χ2n) is 12.7. The summed E-state index contributed by atoms with van der Waals surface area (Å²) in [7, 11) is -2.21. The Hall–Kier alpha value is -0.654. The zero-order chi connectivity index (χ0) is 24.2. The topological polar surface area (TPSA) is 47.6 Å². The van der Waals surface area contributed by atoms with Crippen LogP contribution in [0.3, 0.4) is 0 Å². The minimum atomic E-state index is -2.21. The standard InChI is InChI=1S/C28H41NO3SeSi/c1-15(2)34(16(3)4,17(5)6)32-28-21-13-27(28,33-19-11-9-8-10-12-19)26(30)29-24(21)25-22-20(14-31-25)18(7)23(22)28/h8-12,15-18,20-25H,13-14H2,1-7H3,(H,29,30)/t18-,20-,21?,22-,23+,24-,25-,27?,28+/m1/s1. The van der Waals surface area contributed by atoms with Gasteiger partial charge in [-0.25, -0.2) is 0 Å². The summed E-state index contributed by atoms with van der Waals surface area (Å²) >= 11 is 0.0298. The first kappa shape index (κ1) is 23.7. The van der Waals surface area contributed by atoms with E-state index in [0.717, 1.165) is 13.0 Å². The van der Waals surface area contributed by atoms with Gasteiger partial charge in [-0.3, -0.25) is 0 Å². The number of amides is 1. The maximum atomic E-state index is 14.2. The third-order valence-corrected chi connectivity index (χ3v) is 20.0. The number of ether oxygens (including phenoxy) is 1. The van der Waals surface area contributed by atoms with Gasteiger partial charge in [0.05, 0.1) is 0 Å². The van der Waals surface area contributed by atoms with Gasteiger partial charge in [-0.1, -0.05) is 0 Å². The van der Waals surface area contributed by atoms with E-state index in [4.69, 9.17) is 9.16 Å². The molecule has 6 rings (SSSR count). The van der Waals surface area contributed by atoms with E-state index in [1.165, 1.54) is 4.46 Å². The van der Waals surface area contributed by atoms with Crippen LogP contribution in [0.2, 0.25) is 20.9 Å². The molecule has 2 heterocycles. The van der Waals surface area contributed by atoms with Crippen LogP contribution < -0.4 is 9.78 Å². The molecule has 5 fully saturated rings. The monoisotopic (exact) mass is 547 g/mol. The Balaban J connectivity index is 1.54. The molecule has 0 spiro atoms. The van der Waals surface area contributed by atoms with Gasteiger partial charge in [0, 0.05) is 0 Å². The van der Waals surface area contributed by atoms with Gasteiger partial charge in [0.15, 0.2) is 0 Å². The summed E-state index contributed by atoms with van der Waals surface area (Å²) in [4.78, 5) is 14.2. The Morgan fingerprint density at radius 3 is 2.32 bits per heavy atom. The van der Waals surface area contributed by atoms with Crippen LogP contribution in [0.5, 0.6) is 0 Å². The van der Waals surface area contributed by atoms with Crippen molar-refractivity contribution in [2.24, 2.45) is 29.6 Å². The first-order valence-electron chi connectivity index (χ1n) is 13.5. The summed E-state index contributed by atoms with van der Waals surface area (Å²) in [5, 5.41) is 3.52. The second kappa shape index (κ2) is 7.68. The number of piperidine rings is 2. The quantitative estimate of drug-likeness (QED) is 0.511. The second-order valence-corrected chi connectivity index (χ2v) is 20.9. The summed E-state index contributed by atoms with van der Waals surface area (Å²) in [5.41, 5.74) is 1.20. The summed E-state index contributed by atoms with van der Waals surface area (Å²) in [6.07, 6.45) is 1.16. The molecule has 1 aromatic carbocycles. The molecule has 1 N–H and O–H groups in total. The van der Waals surface area contributed by atoms with Gasteiger partial charge in [0.2, 0.25) is 0 Å². The van der Waals surface area contributed by atoms with Gasteiger partial charge in [0.25, 0.3) is 0 Å². The molecule has 2 unspecified atom stereocenters. The van der Waals surface area contributed by atoms with Crippen molar-refractivity contribution >= 4 is 33.6 Å². The first-order chi connectivity index (χ1) is 16.1. The first-order valence-corrected chi connectivity index (χ1v) is 17.3. The molecule has 1 amide bonds. The predicted octanol–water partition coefficient (Wildman–Crippen LogP) is 4.53. The number of nitrogens with one attached hydrogen (secondary N) is 1. The van der Waals surface area contributed by atoms with Crippen molar-refractivity contribution in [2.75, 3.05) is 6.61 Å². The average molecular weight is 547 g/mol.